The highest BCUT2D eigenvalue weighted by Crippen LogP contribution is 2.30. The second-order valence-electron chi connectivity index (χ2n) is 4.24. The fourth-order valence-electron chi connectivity index (χ4n) is 2.02. The van der Waals surface area contributed by atoms with Crippen molar-refractivity contribution in [3.63, 3.8) is 0 Å². The van der Waals surface area contributed by atoms with E-state index in [1.807, 2.05) is 0 Å². The minimum absolute atomic E-state index is 1.12. The Morgan fingerprint density at radius 1 is 1.00 bits per heavy atom. The van der Waals surface area contributed by atoms with E-state index < -0.39 is 0 Å². The van der Waals surface area contributed by atoms with E-state index in [1.165, 1.54) is 27.8 Å². The van der Waals surface area contributed by atoms with Crippen molar-refractivity contribution >= 4 is 5.57 Å². The summed E-state index contributed by atoms with van der Waals surface area (Å²) in [6.07, 6.45) is 0. The first-order valence-corrected chi connectivity index (χ1v) is 5.25. The quantitative estimate of drug-likeness (QED) is 0.632. The monoisotopic (exact) mass is 196 g/mol. The van der Waals surface area contributed by atoms with Crippen molar-refractivity contribution in [2.75, 3.05) is 0 Å². The summed E-state index contributed by atoms with van der Waals surface area (Å²) in [6.45, 7) is 10.4. The van der Waals surface area contributed by atoms with Crippen molar-refractivity contribution < 1.29 is 0 Å². The van der Waals surface area contributed by atoms with Crippen LogP contribution in [-0.2, 0) is 0 Å². The van der Waals surface area contributed by atoms with Gasteiger partial charge in [-0.25, -0.2) is 0 Å². The highest BCUT2D eigenvalue weighted by molar-refractivity contribution is 5.75. The molecule has 0 fully saturated rings. The van der Waals surface area contributed by atoms with Gasteiger partial charge in [0.2, 0.25) is 0 Å². The van der Waals surface area contributed by atoms with Crippen LogP contribution < -0.4 is 0 Å². The summed E-state index contributed by atoms with van der Waals surface area (Å²) in [5, 5.41) is 0. The fraction of sp³-hybridized carbons (Fsp3) is 0.200. The SMILES string of the molecule is C=C(C)c1cc(C)c2cccc-2c(C)c1. The van der Waals surface area contributed by atoms with Gasteiger partial charge in [0.15, 0.2) is 0 Å². The van der Waals surface area contributed by atoms with Crippen molar-refractivity contribution in [2.24, 2.45) is 0 Å². The Kier molecular flexibility index (Phi) is 2.36. The lowest BCUT2D eigenvalue weighted by molar-refractivity contribution is 1.49. The smallest absolute Gasteiger partial charge is 0.0152 e. The topological polar surface area (TPSA) is 0 Å². The van der Waals surface area contributed by atoms with Gasteiger partial charge in [0.05, 0.1) is 0 Å². The highest BCUT2D eigenvalue weighted by atomic mass is 14.1. The van der Waals surface area contributed by atoms with Crippen LogP contribution in [-0.4, -0.2) is 0 Å². The van der Waals surface area contributed by atoms with Gasteiger partial charge < -0.3 is 0 Å². The van der Waals surface area contributed by atoms with Crippen LogP contribution in [0.5, 0.6) is 0 Å². The Hall–Kier alpha value is -1.56. The molecular weight excluding hydrogens is 180 g/mol. The van der Waals surface area contributed by atoms with Gasteiger partial charge in [0.25, 0.3) is 0 Å². The van der Waals surface area contributed by atoms with Crippen molar-refractivity contribution in [1.82, 2.24) is 0 Å². The molecule has 0 aromatic rings. The molecule has 0 heteroatoms. The van der Waals surface area contributed by atoms with Gasteiger partial charge in [-0.2, -0.15) is 0 Å². The fourth-order valence-corrected chi connectivity index (χ4v) is 2.02. The summed E-state index contributed by atoms with van der Waals surface area (Å²) in [6, 6.07) is 10.9. The third-order valence-electron chi connectivity index (χ3n) is 2.90. The molecule has 0 unspecified atom stereocenters. The molecule has 2 aliphatic carbocycles. The van der Waals surface area contributed by atoms with Crippen LogP contribution in [0.4, 0.5) is 0 Å². The molecule has 0 radical (unpaired) electrons. The molecule has 0 saturated carbocycles. The summed E-state index contributed by atoms with van der Waals surface area (Å²) in [7, 11) is 0. The Morgan fingerprint density at radius 3 is 1.87 bits per heavy atom. The molecule has 0 spiro atoms. The molecule has 15 heavy (non-hydrogen) atoms. The van der Waals surface area contributed by atoms with E-state index >= 15 is 0 Å². The lowest BCUT2D eigenvalue weighted by Gasteiger charge is -1.98. The van der Waals surface area contributed by atoms with Crippen molar-refractivity contribution in [3.8, 4) is 11.1 Å². The summed E-state index contributed by atoms with van der Waals surface area (Å²) in [4.78, 5) is 0. The predicted molar refractivity (Wildman–Crippen MR) is 67.2 cm³/mol. The molecule has 0 saturated heterocycles. The zero-order valence-corrected chi connectivity index (χ0v) is 9.59. The number of fused-ring (bicyclic) bond motifs is 1. The predicted octanol–water partition coefficient (Wildman–Crippen LogP) is 4.44. The summed E-state index contributed by atoms with van der Waals surface area (Å²) in [5.41, 5.74) is 7.70. The van der Waals surface area contributed by atoms with Crippen LogP contribution in [0.2, 0.25) is 0 Å². The zero-order chi connectivity index (χ0) is 11.0. The van der Waals surface area contributed by atoms with E-state index in [1.54, 1.807) is 0 Å². The third-order valence-corrected chi connectivity index (χ3v) is 2.90. The van der Waals surface area contributed by atoms with Gasteiger partial charge in [-0.3, -0.25) is 0 Å². The van der Waals surface area contributed by atoms with E-state index in [2.05, 4.69) is 57.7 Å². The van der Waals surface area contributed by atoms with Crippen molar-refractivity contribution in [3.05, 3.63) is 53.6 Å². The minimum Gasteiger partial charge on any atom is -0.0955 e. The second kappa shape index (κ2) is 3.54. The Morgan fingerprint density at radius 2 is 1.47 bits per heavy atom. The first kappa shape index (κ1) is 9.97. The summed E-state index contributed by atoms with van der Waals surface area (Å²) < 4.78 is 0. The van der Waals surface area contributed by atoms with E-state index in [0.29, 0.717) is 0 Å². The normalized spacial score (nSPS) is 10.6. The molecule has 0 aromatic carbocycles. The molecule has 0 aliphatic heterocycles. The molecule has 76 valence electrons. The average molecular weight is 196 g/mol. The standard InChI is InChI=1S/C15H16/c1-10(2)13-8-11(3)14-6-5-7-15(14)12(4)9-13/h5-9H,1H2,2-4H3. The van der Waals surface area contributed by atoms with E-state index in [4.69, 9.17) is 0 Å². The van der Waals surface area contributed by atoms with E-state index in [-0.39, 0.29) is 0 Å². The van der Waals surface area contributed by atoms with Gasteiger partial charge in [0.1, 0.15) is 0 Å². The lowest BCUT2D eigenvalue weighted by atomic mass is 10.1. The molecule has 2 aliphatic rings. The van der Waals surface area contributed by atoms with Crippen molar-refractivity contribution in [2.45, 2.75) is 20.8 Å². The van der Waals surface area contributed by atoms with Gasteiger partial charge in [-0.15, -0.1) is 0 Å². The Balaban J connectivity index is 2.80. The molecule has 0 atom stereocenters. The average Bonchev–Trinajstić information content (AvgIpc) is 2.60. The molecule has 0 N–H and O–H groups in total. The molecule has 2 rings (SSSR count). The van der Waals surface area contributed by atoms with Crippen LogP contribution in [0, 0.1) is 13.8 Å². The maximum absolute atomic E-state index is 4.01. The molecule has 0 aromatic heterocycles. The van der Waals surface area contributed by atoms with Crippen molar-refractivity contribution in [1.29, 1.82) is 0 Å². The van der Waals surface area contributed by atoms with Crippen LogP contribution in [0.15, 0.2) is 36.9 Å². The number of hydrogen-bond acceptors (Lipinski definition) is 0. The van der Waals surface area contributed by atoms with Crippen LogP contribution in [0.3, 0.4) is 0 Å². The number of rotatable bonds is 1. The third kappa shape index (κ3) is 1.68. The highest BCUT2D eigenvalue weighted by Gasteiger charge is 2.07. The number of allylic oxidation sites excluding steroid dienone is 1. The first-order chi connectivity index (χ1) is 7.09. The van der Waals surface area contributed by atoms with Crippen LogP contribution >= 0.6 is 0 Å². The van der Waals surface area contributed by atoms with E-state index in [0.717, 1.165) is 5.57 Å². The Labute approximate surface area is 91.6 Å². The number of aryl methyl sites for hydroxylation is 2. The molecular formula is C15H16. The molecule has 0 amide bonds. The zero-order valence-electron chi connectivity index (χ0n) is 9.59. The van der Waals surface area contributed by atoms with Crippen LogP contribution in [0.1, 0.15) is 23.6 Å². The summed E-state index contributed by atoms with van der Waals surface area (Å²) in [5.74, 6) is 0. The maximum atomic E-state index is 4.01. The van der Waals surface area contributed by atoms with E-state index in [9.17, 15) is 0 Å². The van der Waals surface area contributed by atoms with Gasteiger partial charge in [-0.05, 0) is 48.6 Å². The maximum Gasteiger partial charge on any atom is -0.0152 e. The second-order valence-corrected chi connectivity index (χ2v) is 4.24. The van der Waals surface area contributed by atoms with Gasteiger partial charge in [0, 0.05) is 0 Å². The Bertz CT molecular complexity index is 455. The molecule has 0 nitrogen and oxygen atoms in total. The lowest BCUT2D eigenvalue weighted by Crippen LogP contribution is -1.75. The minimum atomic E-state index is 1.12. The van der Waals surface area contributed by atoms with Gasteiger partial charge >= 0.3 is 0 Å². The first-order valence-electron chi connectivity index (χ1n) is 5.25. The number of hydrogen-bond donors (Lipinski definition) is 0. The van der Waals surface area contributed by atoms with Gasteiger partial charge in [-0.1, -0.05) is 42.5 Å². The molecule has 0 bridgehead atoms. The van der Waals surface area contributed by atoms with Crippen LogP contribution in [0.25, 0.3) is 16.7 Å². The molecule has 0 heterocycles. The largest absolute Gasteiger partial charge is 0.0955 e. The summed E-state index contributed by atoms with van der Waals surface area (Å²) >= 11 is 0.